The lowest BCUT2D eigenvalue weighted by molar-refractivity contribution is -0.118. The second kappa shape index (κ2) is 9.35. The van der Waals surface area contributed by atoms with Crippen molar-refractivity contribution in [2.75, 3.05) is 30.0 Å². The molecule has 0 aromatic carbocycles. The predicted molar refractivity (Wildman–Crippen MR) is 55.8 cm³/mol. The lowest BCUT2D eigenvalue weighted by Crippen LogP contribution is -2.26. The minimum atomic E-state index is 0.0257. The summed E-state index contributed by atoms with van der Waals surface area (Å²) >= 11 is 4.80. The molecule has 0 atom stereocenters. The molecule has 0 radical (unpaired) electrons. The lowest BCUT2D eigenvalue weighted by atomic mass is 10.5. The normalized spacial score (nSPS) is 9.83. The Balaban J connectivity index is 2.95. The Hall–Kier alpha value is 0.260. The zero-order valence-corrected chi connectivity index (χ0v) is 9.29. The van der Waals surface area contributed by atoms with E-state index >= 15 is 0 Å². The topological polar surface area (TPSA) is 49.3 Å². The number of carbonyl (C=O) groups excluding carboxylic acids is 1. The minimum Gasteiger partial charge on any atom is -0.396 e. The molecule has 0 rings (SSSR count). The maximum Gasteiger partial charge on any atom is 0.230 e. The molecule has 0 aromatic heterocycles. The number of aliphatic hydroxyl groups excluding tert-OH is 1. The summed E-state index contributed by atoms with van der Waals surface area (Å²) in [6.45, 7) is 0.960. The number of rotatable bonds is 7. The summed E-state index contributed by atoms with van der Waals surface area (Å²) in [6.07, 6.45) is 0.830. The molecule has 3 nitrogen and oxygen atoms in total. The standard InChI is InChI=1S/C7H14BrNO2S/c8-6-7(11)9-2-5-12-4-1-3-10/h10H,1-6H2,(H,9,11). The van der Waals surface area contributed by atoms with Crippen LogP contribution in [0.4, 0.5) is 0 Å². The summed E-state index contributed by atoms with van der Waals surface area (Å²) in [7, 11) is 0. The molecule has 0 aromatic rings. The monoisotopic (exact) mass is 255 g/mol. The maximum atomic E-state index is 10.7. The van der Waals surface area contributed by atoms with Gasteiger partial charge in [-0.05, 0) is 12.2 Å². The van der Waals surface area contributed by atoms with Gasteiger partial charge in [-0.25, -0.2) is 0 Å². The smallest absolute Gasteiger partial charge is 0.230 e. The predicted octanol–water partition coefficient (Wildman–Crippen LogP) is 0.613. The Kier molecular flexibility index (Phi) is 9.55. The molecule has 0 heterocycles. The third-order valence-corrected chi connectivity index (χ3v) is 2.72. The van der Waals surface area contributed by atoms with Crippen LogP contribution in [0.25, 0.3) is 0 Å². The van der Waals surface area contributed by atoms with E-state index in [-0.39, 0.29) is 12.5 Å². The van der Waals surface area contributed by atoms with Crippen LogP contribution in [0.5, 0.6) is 0 Å². The van der Waals surface area contributed by atoms with Crippen LogP contribution in [0.2, 0.25) is 0 Å². The fraction of sp³-hybridized carbons (Fsp3) is 0.857. The van der Waals surface area contributed by atoms with Crippen LogP contribution < -0.4 is 5.32 Å². The van der Waals surface area contributed by atoms with E-state index in [0.29, 0.717) is 11.9 Å². The van der Waals surface area contributed by atoms with Crippen molar-refractivity contribution in [1.82, 2.24) is 5.32 Å². The number of halogens is 1. The van der Waals surface area contributed by atoms with Crippen molar-refractivity contribution in [1.29, 1.82) is 0 Å². The van der Waals surface area contributed by atoms with Gasteiger partial charge in [-0.15, -0.1) is 0 Å². The van der Waals surface area contributed by atoms with Gasteiger partial charge >= 0.3 is 0 Å². The third kappa shape index (κ3) is 8.36. The largest absolute Gasteiger partial charge is 0.396 e. The second-order valence-corrected chi connectivity index (χ2v) is 3.96. The summed E-state index contributed by atoms with van der Waals surface area (Å²) < 4.78 is 0. The lowest BCUT2D eigenvalue weighted by Gasteiger charge is -2.01. The van der Waals surface area contributed by atoms with Gasteiger partial charge in [0.1, 0.15) is 0 Å². The molecule has 0 aliphatic rings. The van der Waals surface area contributed by atoms with Crippen molar-refractivity contribution in [2.45, 2.75) is 6.42 Å². The van der Waals surface area contributed by atoms with Gasteiger partial charge in [0.05, 0.1) is 5.33 Å². The summed E-state index contributed by atoms with van der Waals surface area (Å²) in [6, 6.07) is 0. The first-order valence-electron chi connectivity index (χ1n) is 3.82. The minimum absolute atomic E-state index is 0.0257. The van der Waals surface area contributed by atoms with Gasteiger partial charge in [-0.3, -0.25) is 4.79 Å². The number of carbonyl (C=O) groups is 1. The molecule has 1 amide bonds. The highest BCUT2D eigenvalue weighted by Crippen LogP contribution is 1.99. The van der Waals surface area contributed by atoms with Gasteiger partial charge in [-0.2, -0.15) is 11.8 Å². The molecule has 72 valence electrons. The van der Waals surface area contributed by atoms with Gasteiger partial charge in [0.25, 0.3) is 0 Å². The first-order chi connectivity index (χ1) is 5.81. The van der Waals surface area contributed by atoms with Crippen molar-refractivity contribution >= 4 is 33.6 Å². The van der Waals surface area contributed by atoms with Crippen LogP contribution >= 0.6 is 27.7 Å². The fourth-order valence-electron chi connectivity index (χ4n) is 0.579. The van der Waals surface area contributed by atoms with Gasteiger partial charge in [0.2, 0.25) is 5.91 Å². The molecule has 12 heavy (non-hydrogen) atoms. The average Bonchev–Trinajstić information content (AvgIpc) is 2.10. The number of amides is 1. The van der Waals surface area contributed by atoms with Crippen LogP contribution in [0.15, 0.2) is 0 Å². The van der Waals surface area contributed by atoms with Crippen LogP contribution in [0.3, 0.4) is 0 Å². The van der Waals surface area contributed by atoms with E-state index < -0.39 is 0 Å². The zero-order chi connectivity index (χ0) is 9.23. The number of aliphatic hydroxyl groups is 1. The molecule has 0 saturated carbocycles. The Morgan fingerprint density at radius 1 is 1.50 bits per heavy atom. The van der Waals surface area contributed by atoms with Gasteiger partial charge in [0.15, 0.2) is 0 Å². The molecule has 0 saturated heterocycles. The van der Waals surface area contributed by atoms with Crippen molar-refractivity contribution in [3.8, 4) is 0 Å². The maximum absolute atomic E-state index is 10.7. The zero-order valence-electron chi connectivity index (χ0n) is 6.88. The summed E-state index contributed by atoms with van der Waals surface area (Å²) in [5.41, 5.74) is 0. The van der Waals surface area contributed by atoms with E-state index in [2.05, 4.69) is 21.2 Å². The summed E-state index contributed by atoms with van der Waals surface area (Å²) in [5.74, 6) is 1.90. The Bertz CT molecular complexity index is 124. The first kappa shape index (κ1) is 12.3. The first-order valence-corrected chi connectivity index (χ1v) is 6.10. The van der Waals surface area contributed by atoms with E-state index in [1.165, 1.54) is 0 Å². The van der Waals surface area contributed by atoms with Crippen molar-refractivity contribution < 1.29 is 9.90 Å². The van der Waals surface area contributed by atoms with Gasteiger partial charge < -0.3 is 10.4 Å². The average molecular weight is 256 g/mol. The van der Waals surface area contributed by atoms with E-state index in [4.69, 9.17) is 5.11 Å². The fourth-order valence-corrected chi connectivity index (χ4v) is 1.56. The van der Waals surface area contributed by atoms with Crippen molar-refractivity contribution in [3.63, 3.8) is 0 Å². The molecule has 0 bridgehead atoms. The number of hydrogen-bond acceptors (Lipinski definition) is 3. The summed E-state index contributed by atoms with van der Waals surface area (Å²) in [4.78, 5) is 10.7. The molecule has 0 unspecified atom stereocenters. The molecular formula is C7H14BrNO2S. The molecule has 0 fully saturated rings. The quantitative estimate of drug-likeness (QED) is 0.518. The highest BCUT2D eigenvalue weighted by atomic mass is 79.9. The van der Waals surface area contributed by atoms with E-state index in [9.17, 15) is 4.79 Å². The summed E-state index contributed by atoms with van der Waals surface area (Å²) in [5, 5.41) is 11.6. The number of thioether (sulfide) groups is 1. The van der Waals surface area contributed by atoms with Crippen LogP contribution in [0.1, 0.15) is 6.42 Å². The van der Waals surface area contributed by atoms with Crippen molar-refractivity contribution in [2.24, 2.45) is 0 Å². The highest BCUT2D eigenvalue weighted by Gasteiger charge is 1.95. The number of hydrogen-bond donors (Lipinski definition) is 2. The Morgan fingerprint density at radius 3 is 2.83 bits per heavy atom. The van der Waals surface area contributed by atoms with Crippen LogP contribution in [-0.4, -0.2) is 41.0 Å². The number of alkyl halides is 1. The highest BCUT2D eigenvalue weighted by molar-refractivity contribution is 9.09. The molecular weight excluding hydrogens is 242 g/mol. The van der Waals surface area contributed by atoms with E-state index in [1.807, 2.05) is 0 Å². The molecule has 0 aliphatic carbocycles. The molecule has 0 aliphatic heterocycles. The molecule has 5 heteroatoms. The SMILES string of the molecule is O=C(CBr)NCCSCCCO. The molecule has 0 spiro atoms. The third-order valence-electron chi connectivity index (χ3n) is 1.14. The number of nitrogens with one attached hydrogen (secondary N) is 1. The van der Waals surface area contributed by atoms with Crippen molar-refractivity contribution in [3.05, 3.63) is 0 Å². The van der Waals surface area contributed by atoms with Crippen LogP contribution in [-0.2, 0) is 4.79 Å². The Labute approximate surface area is 85.4 Å². The van der Waals surface area contributed by atoms with E-state index in [0.717, 1.165) is 17.9 Å². The van der Waals surface area contributed by atoms with E-state index in [1.54, 1.807) is 11.8 Å². The van der Waals surface area contributed by atoms with Crippen LogP contribution in [0, 0.1) is 0 Å². The second-order valence-electron chi connectivity index (χ2n) is 2.17. The molecule has 2 N–H and O–H groups in total. The van der Waals surface area contributed by atoms with Gasteiger partial charge in [0, 0.05) is 18.9 Å². The Morgan fingerprint density at radius 2 is 2.25 bits per heavy atom. The van der Waals surface area contributed by atoms with Gasteiger partial charge in [-0.1, -0.05) is 15.9 Å².